The van der Waals surface area contributed by atoms with Crippen molar-refractivity contribution in [1.29, 1.82) is 0 Å². The van der Waals surface area contributed by atoms with Crippen LogP contribution < -0.4 is 5.56 Å². The zero-order chi connectivity index (χ0) is 22.8. The van der Waals surface area contributed by atoms with Gasteiger partial charge < -0.3 is 0 Å². The number of nitro groups is 2. The number of fused-ring (bicyclic) bond motifs is 1. The van der Waals surface area contributed by atoms with Crippen LogP contribution in [-0.2, 0) is 0 Å². The first-order valence-corrected chi connectivity index (χ1v) is 9.61. The maximum Gasteiger partial charge on any atom is 0.271 e. The number of halogens is 1. The molecule has 0 atom stereocenters. The van der Waals surface area contributed by atoms with Crippen molar-refractivity contribution in [3.05, 3.63) is 114 Å². The number of aromatic nitrogens is 2. The molecule has 0 amide bonds. The maximum atomic E-state index is 13.3. The van der Waals surface area contributed by atoms with Crippen LogP contribution in [0.25, 0.3) is 28.7 Å². The predicted molar refractivity (Wildman–Crippen MR) is 121 cm³/mol. The summed E-state index contributed by atoms with van der Waals surface area (Å²) in [6.07, 6.45) is 3.12. The van der Waals surface area contributed by atoms with Crippen molar-refractivity contribution in [3.8, 4) is 5.69 Å². The summed E-state index contributed by atoms with van der Waals surface area (Å²) in [6, 6.07) is 16.5. The number of hydrogen-bond acceptors (Lipinski definition) is 6. The van der Waals surface area contributed by atoms with Crippen molar-refractivity contribution in [3.63, 3.8) is 0 Å². The molecule has 9 nitrogen and oxygen atoms in total. The molecule has 0 unspecified atom stereocenters. The van der Waals surface area contributed by atoms with E-state index in [1.807, 2.05) is 0 Å². The van der Waals surface area contributed by atoms with Crippen LogP contribution in [0, 0.1) is 20.2 Å². The summed E-state index contributed by atoms with van der Waals surface area (Å²) in [6.45, 7) is 0. The van der Waals surface area contributed by atoms with Gasteiger partial charge in [-0.1, -0.05) is 41.9 Å². The Labute approximate surface area is 185 Å². The van der Waals surface area contributed by atoms with Gasteiger partial charge in [0.05, 0.1) is 31.5 Å². The minimum atomic E-state index is -0.583. The Morgan fingerprint density at radius 1 is 0.875 bits per heavy atom. The fraction of sp³-hybridized carbons (Fsp3) is 0. The molecule has 0 radical (unpaired) electrons. The van der Waals surface area contributed by atoms with E-state index >= 15 is 0 Å². The highest BCUT2D eigenvalue weighted by Crippen LogP contribution is 2.26. The van der Waals surface area contributed by atoms with Gasteiger partial charge in [-0.15, -0.1) is 0 Å². The van der Waals surface area contributed by atoms with Gasteiger partial charge in [0.1, 0.15) is 5.82 Å². The molecule has 4 rings (SSSR count). The largest absolute Gasteiger partial charge is 0.271 e. The zero-order valence-corrected chi connectivity index (χ0v) is 17.0. The van der Waals surface area contributed by atoms with E-state index in [9.17, 15) is 25.0 Å². The number of non-ortho nitro benzene ring substituents is 2. The van der Waals surface area contributed by atoms with Gasteiger partial charge in [0.2, 0.25) is 0 Å². The highest BCUT2D eigenvalue weighted by molar-refractivity contribution is 6.32. The number of hydrogen-bond donors (Lipinski definition) is 0. The highest BCUT2D eigenvalue weighted by atomic mass is 35.5. The van der Waals surface area contributed by atoms with Gasteiger partial charge in [-0.3, -0.25) is 29.6 Å². The number of nitro benzene ring substituents is 2. The lowest BCUT2D eigenvalue weighted by atomic mass is 10.1. The van der Waals surface area contributed by atoms with Crippen LogP contribution in [0.2, 0.25) is 5.02 Å². The Morgan fingerprint density at radius 3 is 2.31 bits per heavy atom. The van der Waals surface area contributed by atoms with Crippen molar-refractivity contribution in [2.45, 2.75) is 0 Å². The fourth-order valence-electron chi connectivity index (χ4n) is 3.20. The summed E-state index contributed by atoms with van der Waals surface area (Å²) in [5, 5.41) is 22.4. The van der Waals surface area contributed by atoms with Crippen LogP contribution >= 0.6 is 11.6 Å². The molecule has 0 aliphatic carbocycles. The molecule has 32 heavy (non-hydrogen) atoms. The van der Waals surface area contributed by atoms with Gasteiger partial charge >= 0.3 is 0 Å². The van der Waals surface area contributed by atoms with Crippen molar-refractivity contribution < 1.29 is 9.85 Å². The average Bonchev–Trinajstić information content (AvgIpc) is 2.78. The molecular formula is C22H13ClN4O5. The van der Waals surface area contributed by atoms with Crippen molar-refractivity contribution >= 4 is 46.0 Å². The third kappa shape index (κ3) is 3.96. The molecule has 1 heterocycles. The van der Waals surface area contributed by atoms with E-state index in [0.717, 1.165) is 6.07 Å². The van der Waals surface area contributed by atoms with E-state index in [4.69, 9.17) is 11.6 Å². The summed E-state index contributed by atoms with van der Waals surface area (Å²) >= 11 is 6.28. The van der Waals surface area contributed by atoms with E-state index in [1.54, 1.807) is 42.5 Å². The standard InChI is InChI=1S/C22H13ClN4O5/c23-18-13-16(27(31)32)9-10-20(18)25-21(24-19-7-2-1-6-17(19)22(25)28)11-8-14-4-3-5-15(12-14)26(29)30/h1-13H. The van der Waals surface area contributed by atoms with Gasteiger partial charge in [0.15, 0.2) is 0 Å². The predicted octanol–water partition coefficient (Wildman–Crippen LogP) is 5.03. The van der Waals surface area contributed by atoms with Crippen LogP contribution in [0.3, 0.4) is 0 Å². The first-order valence-electron chi connectivity index (χ1n) is 9.24. The molecule has 3 aromatic carbocycles. The molecule has 1 aromatic heterocycles. The lowest BCUT2D eigenvalue weighted by molar-refractivity contribution is -0.385. The summed E-state index contributed by atoms with van der Waals surface area (Å²) in [7, 11) is 0. The SMILES string of the molecule is O=c1c2ccccc2nc(C=Cc2cccc([N+](=O)[O-])c2)n1-c1ccc([N+](=O)[O-])cc1Cl. The lowest BCUT2D eigenvalue weighted by Crippen LogP contribution is -2.22. The quantitative estimate of drug-likeness (QED) is 0.312. The fourth-order valence-corrected chi connectivity index (χ4v) is 3.46. The molecule has 0 aliphatic heterocycles. The van der Waals surface area contributed by atoms with E-state index in [0.29, 0.717) is 16.5 Å². The first-order chi connectivity index (χ1) is 15.3. The summed E-state index contributed by atoms with van der Waals surface area (Å²) in [5.74, 6) is 0.205. The third-order valence-electron chi connectivity index (χ3n) is 4.69. The molecule has 0 saturated heterocycles. The van der Waals surface area contributed by atoms with Gasteiger partial charge in [0, 0.05) is 24.3 Å². The Morgan fingerprint density at radius 2 is 1.59 bits per heavy atom. The Bertz CT molecular complexity index is 1480. The van der Waals surface area contributed by atoms with E-state index in [1.165, 1.54) is 34.9 Å². The Kier molecular flexibility index (Phi) is 5.48. The van der Waals surface area contributed by atoms with Crippen molar-refractivity contribution in [2.75, 3.05) is 0 Å². The second kappa shape index (κ2) is 8.40. The summed E-state index contributed by atoms with van der Waals surface area (Å²) in [4.78, 5) is 38.8. The zero-order valence-electron chi connectivity index (χ0n) is 16.2. The van der Waals surface area contributed by atoms with Gasteiger partial charge in [-0.2, -0.15) is 0 Å². The molecular weight excluding hydrogens is 436 g/mol. The summed E-state index contributed by atoms with van der Waals surface area (Å²) < 4.78 is 1.25. The van der Waals surface area contributed by atoms with Crippen molar-refractivity contribution in [1.82, 2.24) is 9.55 Å². The molecule has 158 valence electrons. The van der Waals surface area contributed by atoms with Gasteiger partial charge in [0.25, 0.3) is 16.9 Å². The molecule has 4 aromatic rings. The van der Waals surface area contributed by atoms with Crippen LogP contribution in [0.1, 0.15) is 11.4 Å². The lowest BCUT2D eigenvalue weighted by Gasteiger charge is -2.13. The number of para-hydroxylation sites is 1. The van der Waals surface area contributed by atoms with Gasteiger partial charge in [-0.05, 0) is 29.8 Å². The monoisotopic (exact) mass is 448 g/mol. The van der Waals surface area contributed by atoms with Crippen molar-refractivity contribution in [2.24, 2.45) is 0 Å². The smallest absolute Gasteiger partial charge is 0.268 e. The second-order valence-corrected chi connectivity index (χ2v) is 7.11. The van der Waals surface area contributed by atoms with Crippen LogP contribution in [0.5, 0.6) is 0 Å². The van der Waals surface area contributed by atoms with E-state index < -0.39 is 15.4 Å². The second-order valence-electron chi connectivity index (χ2n) is 6.71. The number of benzene rings is 3. The van der Waals surface area contributed by atoms with Crippen LogP contribution in [-0.4, -0.2) is 19.4 Å². The van der Waals surface area contributed by atoms with E-state index in [-0.39, 0.29) is 27.9 Å². The molecule has 0 saturated carbocycles. The maximum absolute atomic E-state index is 13.3. The van der Waals surface area contributed by atoms with Crippen LogP contribution in [0.15, 0.2) is 71.5 Å². The minimum Gasteiger partial charge on any atom is -0.268 e. The van der Waals surface area contributed by atoms with Gasteiger partial charge in [-0.25, -0.2) is 4.98 Å². The number of rotatable bonds is 5. The topological polar surface area (TPSA) is 121 Å². The Balaban J connectivity index is 1.93. The molecule has 0 N–H and O–H groups in total. The normalized spacial score (nSPS) is 11.2. The molecule has 0 aliphatic rings. The molecule has 0 bridgehead atoms. The molecule has 0 spiro atoms. The molecule has 0 fully saturated rings. The average molecular weight is 449 g/mol. The van der Waals surface area contributed by atoms with E-state index in [2.05, 4.69) is 4.98 Å². The summed E-state index contributed by atoms with van der Waals surface area (Å²) in [5.41, 5.74) is 0.501. The highest BCUT2D eigenvalue weighted by Gasteiger charge is 2.16. The third-order valence-corrected chi connectivity index (χ3v) is 4.99. The first kappa shape index (κ1) is 20.9. The Hall–Kier alpha value is -4.37. The number of nitrogens with zero attached hydrogens (tertiary/aromatic N) is 4. The minimum absolute atomic E-state index is 0.00313. The van der Waals surface area contributed by atoms with Crippen LogP contribution in [0.4, 0.5) is 11.4 Å². The molecule has 10 heteroatoms.